The summed E-state index contributed by atoms with van der Waals surface area (Å²) in [5, 5.41) is 7.19. The maximum Gasteiger partial charge on any atom is 0.271 e. The van der Waals surface area contributed by atoms with Gasteiger partial charge in [0.2, 0.25) is 0 Å². The second-order valence-corrected chi connectivity index (χ2v) is 3.64. The highest BCUT2D eigenvalue weighted by Gasteiger charge is 2.28. The van der Waals surface area contributed by atoms with Crippen LogP contribution in [0, 0.1) is 0 Å². The summed E-state index contributed by atoms with van der Waals surface area (Å²) in [6.07, 6.45) is 4.48. The van der Waals surface area contributed by atoms with E-state index in [1.807, 2.05) is 0 Å². The van der Waals surface area contributed by atoms with Crippen LogP contribution >= 0.6 is 0 Å². The molecule has 3 rings (SSSR count). The Hall–Kier alpha value is -1.32. The molecule has 1 amide bonds. The summed E-state index contributed by atoms with van der Waals surface area (Å²) in [5.41, 5.74) is 3.16. The zero-order valence-corrected chi connectivity index (χ0v) is 7.34. The number of nitrogens with zero attached hydrogens (tertiary/aromatic N) is 2. The minimum absolute atomic E-state index is 0.0515. The Bertz CT molecular complexity index is 380. The lowest BCUT2D eigenvalue weighted by Gasteiger charge is -2.09. The molecule has 4 nitrogen and oxygen atoms in total. The average molecular weight is 177 g/mol. The van der Waals surface area contributed by atoms with Gasteiger partial charge >= 0.3 is 0 Å². The molecule has 1 aliphatic carbocycles. The Morgan fingerprint density at radius 1 is 1.31 bits per heavy atom. The highest BCUT2D eigenvalue weighted by Crippen LogP contribution is 2.25. The average Bonchev–Trinajstić information content (AvgIpc) is 2.66. The van der Waals surface area contributed by atoms with Crippen molar-refractivity contribution < 1.29 is 4.79 Å². The Kier molecular flexibility index (Phi) is 1.28. The summed E-state index contributed by atoms with van der Waals surface area (Å²) in [5.74, 6) is 0.0515. The van der Waals surface area contributed by atoms with Gasteiger partial charge < -0.3 is 5.32 Å². The van der Waals surface area contributed by atoms with Crippen LogP contribution in [0.25, 0.3) is 0 Å². The molecule has 1 N–H and O–H groups in total. The predicted molar refractivity (Wildman–Crippen MR) is 46.3 cm³/mol. The fraction of sp³-hybridized carbons (Fsp3) is 0.556. The van der Waals surface area contributed by atoms with Crippen molar-refractivity contribution in [2.45, 2.75) is 32.4 Å². The zero-order chi connectivity index (χ0) is 8.84. The first kappa shape index (κ1) is 7.12. The van der Waals surface area contributed by atoms with Gasteiger partial charge in [-0.15, -0.1) is 0 Å². The zero-order valence-electron chi connectivity index (χ0n) is 7.34. The van der Waals surface area contributed by atoms with Crippen LogP contribution in [0.4, 0.5) is 0 Å². The second-order valence-electron chi connectivity index (χ2n) is 3.64. The van der Waals surface area contributed by atoms with Gasteiger partial charge in [0, 0.05) is 5.56 Å². The molecular formula is C9H11N3O. The van der Waals surface area contributed by atoms with Gasteiger partial charge in [-0.25, -0.2) is 4.68 Å². The summed E-state index contributed by atoms with van der Waals surface area (Å²) in [4.78, 5) is 11.4. The maximum absolute atomic E-state index is 11.4. The van der Waals surface area contributed by atoms with Crippen molar-refractivity contribution >= 4 is 5.91 Å². The van der Waals surface area contributed by atoms with Crippen LogP contribution in [0.3, 0.4) is 0 Å². The summed E-state index contributed by atoms with van der Waals surface area (Å²) >= 11 is 0. The molecule has 0 aromatic carbocycles. The molecule has 0 saturated heterocycles. The van der Waals surface area contributed by atoms with Crippen molar-refractivity contribution in [1.29, 1.82) is 0 Å². The number of aryl methyl sites for hydroxylation is 1. The van der Waals surface area contributed by atoms with E-state index in [2.05, 4.69) is 10.4 Å². The molecule has 13 heavy (non-hydrogen) atoms. The quantitative estimate of drug-likeness (QED) is 0.626. The highest BCUT2D eigenvalue weighted by atomic mass is 16.2. The van der Waals surface area contributed by atoms with E-state index >= 15 is 0 Å². The molecule has 0 saturated carbocycles. The van der Waals surface area contributed by atoms with Gasteiger partial charge in [0.1, 0.15) is 12.4 Å². The van der Waals surface area contributed by atoms with Gasteiger partial charge in [-0.2, -0.15) is 5.10 Å². The third-order valence-electron chi connectivity index (χ3n) is 2.83. The number of carbonyl (C=O) groups is 1. The van der Waals surface area contributed by atoms with Gasteiger partial charge in [0.15, 0.2) is 0 Å². The van der Waals surface area contributed by atoms with Gasteiger partial charge in [-0.05, 0) is 25.7 Å². The van der Waals surface area contributed by atoms with E-state index in [-0.39, 0.29) is 5.91 Å². The van der Waals surface area contributed by atoms with Crippen molar-refractivity contribution in [3.05, 3.63) is 17.0 Å². The number of hydrogen-bond donors (Lipinski definition) is 1. The summed E-state index contributed by atoms with van der Waals surface area (Å²) in [6.45, 7) is 0.557. The molecule has 2 aliphatic rings. The summed E-state index contributed by atoms with van der Waals surface area (Å²) in [6, 6.07) is 0. The van der Waals surface area contributed by atoms with E-state index in [0.29, 0.717) is 6.67 Å². The number of carbonyl (C=O) groups excluding carboxylic acids is 1. The van der Waals surface area contributed by atoms with Gasteiger partial charge in [0.05, 0.1) is 5.69 Å². The van der Waals surface area contributed by atoms with Crippen molar-refractivity contribution in [3.63, 3.8) is 0 Å². The van der Waals surface area contributed by atoms with Crippen LogP contribution in [-0.4, -0.2) is 15.7 Å². The monoisotopic (exact) mass is 177 g/mol. The number of hydrogen-bond acceptors (Lipinski definition) is 2. The van der Waals surface area contributed by atoms with Gasteiger partial charge in [-0.1, -0.05) is 0 Å². The van der Waals surface area contributed by atoms with Crippen molar-refractivity contribution in [2.24, 2.45) is 0 Å². The molecular weight excluding hydrogens is 166 g/mol. The van der Waals surface area contributed by atoms with E-state index in [4.69, 9.17) is 0 Å². The Balaban J connectivity index is 2.19. The van der Waals surface area contributed by atoms with Crippen molar-refractivity contribution in [3.8, 4) is 0 Å². The number of amides is 1. The van der Waals surface area contributed by atoms with Crippen LogP contribution in [0.1, 0.15) is 34.6 Å². The molecule has 68 valence electrons. The first-order valence-corrected chi connectivity index (χ1v) is 4.73. The van der Waals surface area contributed by atoms with Crippen molar-refractivity contribution in [2.75, 3.05) is 0 Å². The second kappa shape index (κ2) is 2.34. The third kappa shape index (κ3) is 0.855. The topological polar surface area (TPSA) is 46.9 Å². The Morgan fingerprint density at radius 3 is 3.08 bits per heavy atom. The molecule has 0 spiro atoms. The number of nitrogens with one attached hydrogen (secondary N) is 1. The fourth-order valence-corrected chi connectivity index (χ4v) is 2.21. The number of fused-ring (bicyclic) bond motifs is 3. The molecule has 0 fully saturated rings. The van der Waals surface area contributed by atoms with E-state index in [1.165, 1.54) is 18.4 Å². The van der Waals surface area contributed by atoms with E-state index in [0.717, 1.165) is 24.2 Å². The molecule has 0 unspecified atom stereocenters. The molecule has 4 heteroatoms. The van der Waals surface area contributed by atoms with E-state index in [9.17, 15) is 4.79 Å². The Morgan fingerprint density at radius 2 is 2.15 bits per heavy atom. The predicted octanol–water partition coefficient (Wildman–Crippen LogP) is 0.463. The standard InChI is InChI=1S/C9H11N3O/c13-9-8-6-3-1-2-4-7(6)11-12(8)5-10-9/h1-5H2,(H,10,13). The largest absolute Gasteiger partial charge is 0.331 e. The molecule has 0 bridgehead atoms. The Labute approximate surface area is 75.9 Å². The SMILES string of the molecule is O=C1NCn2nc3c(c21)CCCC3. The van der Waals surface area contributed by atoms with Crippen LogP contribution in [0.15, 0.2) is 0 Å². The van der Waals surface area contributed by atoms with Crippen LogP contribution in [0.2, 0.25) is 0 Å². The number of aromatic nitrogens is 2. The van der Waals surface area contributed by atoms with E-state index < -0.39 is 0 Å². The first-order chi connectivity index (χ1) is 6.36. The normalized spacial score (nSPS) is 19.5. The summed E-state index contributed by atoms with van der Waals surface area (Å²) in [7, 11) is 0. The van der Waals surface area contributed by atoms with Crippen molar-refractivity contribution in [1.82, 2.24) is 15.1 Å². The van der Waals surface area contributed by atoms with E-state index in [1.54, 1.807) is 4.68 Å². The number of rotatable bonds is 0. The summed E-state index contributed by atoms with van der Waals surface area (Å²) < 4.78 is 1.80. The highest BCUT2D eigenvalue weighted by molar-refractivity contribution is 5.95. The minimum atomic E-state index is 0.0515. The molecule has 2 heterocycles. The lowest BCUT2D eigenvalue weighted by Crippen LogP contribution is -2.16. The van der Waals surface area contributed by atoms with Crippen LogP contribution in [-0.2, 0) is 19.5 Å². The smallest absolute Gasteiger partial charge is 0.271 e. The third-order valence-corrected chi connectivity index (χ3v) is 2.83. The van der Waals surface area contributed by atoms with Crippen LogP contribution in [0.5, 0.6) is 0 Å². The molecule has 1 aromatic heterocycles. The first-order valence-electron chi connectivity index (χ1n) is 4.73. The molecule has 1 aliphatic heterocycles. The maximum atomic E-state index is 11.4. The fourth-order valence-electron chi connectivity index (χ4n) is 2.21. The van der Waals surface area contributed by atoms with Gasteiger partial charge in [0.25, 0.3) is 5.91 Å². The minimum Gasteiger partial charge on any atom is -0.331 e. The molecule has 0 radical (unpaired) electrons. The van der Waals surface area contributed by atoms with Crippen LogP contribution < -0.4 is 5.32 Å². The lowest BCUT2D eigenvalue weighted by molar-refractivity contribution is 0.0964. The molecule has 1 aromatic rings. The lowest BCUT2D eigenvalue weighted by atomic mass is 9.96. The molecule has 0 atom stereocenters. The van der Waals surface area contributed by atoms with Gasteiger partial charge in [-0.3, -0.25) is 4.79 Å².